The van der Waals surface area contributed by atoms with E-state index < -0.39 is 0 Å². The molecule has 0 unspecified atom stereocenters. The Bertz CT molecular complexity index is 906. The van der Waals surface area contributed by atoms with E-state index in [1.807, 2.05) is 55.8 Å². The van der Waals surface area contributed by atoms with Gasteiger partial charge in [0.05, 0.1) is 5.75 Å². The van der Waals surface area contributed by atoms with Crippen LogP contribution in [-0.4, -0.2) is 31.4 Å². The second-order valence-electron chi connectivity index (χ2n) is 5.74. The molecule has 7 heteroatoms. The van der Waals surface area contributed by atoms with Crippen LogP contribution in [0.15, 0.2) is 47.8 Å². The molecule has 2 heterocycles. The maximum Gasteiger partial charge on any atom is 0.236 e. The maximum absolute atomic E-state index is 12.1. The summed E-state index contributed by atoms with van der Waals surface area (Å²) in [5.74, 6) is 1.50. The van der Waals surface area contributed by atoms with Gasteiger partial charge < -0.3 is 9.88 Å². The van der Waals surface area contributed by atoms with Crippen molar-refractivity contribution in [3.05, 3.63) is 53.7 Å². The molecule has 3 rings (SSSR count). The number of thioether (sulfide) groups is 1. The predicted octanol–water partition coefficient (Wildman–Crippen LogP) is 3.22. The molecule has 1 amide bonds. The van der Waals surface area contributed by atoms with Gasteiger partial charge in [0.1, 0.15) is 5.82 Å². The number of hydrogen-bond acceptors (Lipinski definition) is 5. The first-order valence-corrected chi connectivity index (χ1v) is 8.84. The van der Waals surface area contributed by atoms with Crippen LogP contribution < -0.4 is 5.32 Å². The number of nitrogens with zero attached hydrogens (tertiary/aromatic N) is 4. The molecule has 128 valence electrons. The number of anilines is 1. The van der Waals surface area contributed by atoms with Gasteiger partial charge in [-0.3, -0.25) is 4.79 Å². The quantitative estimate of drug-likeness (QED) is 0.713. The van der Waals surface area contributed by atoms with Crippen molar-refractivity contribution in [3.8, 4) is 11.4 Å². The van der Waals surface area contributed by atoms with E-state index in [1.54, 1.807) is 6.20 Å². The van der Waals surface area contributed by atoms with Crippen LogP contribution in [0.4, 0.5) is 5.82 Å². The molecule has 0 atom stereocenters. The van der Waals surface area contributed by atoms with Crippen molar-refractivity contribution in [1.82, 2.24) is 19.7 Å². The summed E-state index contributed by atoms with van der Waals surface area (Å²) >= 11 is 1.35. The number of rotatable bonds is 5. The smallest absolute Gasteiger partial charge is 0.236 e. The summed E-state index contributed by atoms with van der Waals surface area (Å²) in [4.78, 5) is 16.3. The second kappa shape index (κ2) is 7.48. The van der Waals surface area contributed by atoms with Crippen molar-refractivity contribution in [2.75, 3.05) is 11.1 Å². The SMILES string of the molecule is Cc1cccc(-c2nnc(SCC(=O)Nc3ncccc3C)n2C)c1. The molecular formula is C18H19N5OS. The molecule has 0 radical (unpaired) electrons. The Morgan fingerprint density at radius 2 is 2.04 bits per heavy atom. The normalized spacial score (nSPS) is 10.7. The van der Waals surface area contributed by atoms with E-state index in [0.717, 1.165) is 17.0 Å². The molecule has 6 nitrogen and oxygen atoms in total. The largest absolute Gasteiger partial charge is 0.310 e. The number of aromatic nitrogens is 4. The van der Waals surface area contributed by atoms with Crippen LogP contribution in [0.1, 0.15) is 11.1 Å². The zero-order chi connectivity index (χ0) is 17.8. The van der Waals surface area contributed by atoms with Gasteiger partial charge >= 0.3 is 0 Å². The highest BCUT2D eigenvalue weighted by Crippen LogP contribution is 2.23. The molecule has 1 N–H and O–H groups in total. The number of benzene rings is 1. The molecule has 0 spiro atoms. The van der Waals surface area contributed by atoms with Gasteiger partial charge in [0.15, 0.2) is 11.0 Å². The monoisotopic (exact) mass is 353 g/mol. The lowest BCUT2D eigenvalue weighted by Crippen LogP contribution is -2.16. The fourth-order valence-electron chi connectivity index (χ4n) is 2.39. The van der Waals surface area contributed by atoms with Gasteiger partial charge in [0.25, 0.3) is 0 Å². The highest BCUT2D eigenvalue weighted by atomic mass is 32.2. The first-order valence-electron chi connectivity index (χ1n) is 7.85. The third-order valence-corrected chi connectivity index (χ3v) is 4.73. The average Bonchev–Trinajstić information content (AvgIpc) is 2.96. The standard InChI is InChI=1S/C18H19N5OS/c1-12-6-4-8-14(10-12)17-21-22-18(23(17)3)25-11-15(24)20-16-13(2)7-5-9-19-16/h4-10H,11H2,1-3H3,(H,19,20,24). The van der Waals surface area contributed by atoms with Gasteiger partial charge in [-0.1, -0.05) is 41.6 Å². The molecule has 0 fully saturated rings. The minimum atomic E-state index is -0.119. The van der Waals surface area contributed by atoms with Gasteiger partial charge in [0, 0.05) is 18.8 Å². The number of amides is 1. The first kappa shape index (κ1) is 17.2. The average molecular weight is 353 g/mol. The third kappa shape index (κ3) is 4.06. The summed E-state index contributed by atoms with van der Waals surface area (Å²) in [6.45, 7) is 3.95. The minimum absolute atomic E-state index is 0.119. The van der Waals surface area contributed by atoms with E-state index in [1.165, 1.54) is 17.3 Å². The Morgan fingerprint density at radius 1 is 1.20 bits per heavy atom. The number of pyridine rings is 1. The number of carbonyl (C=O) groups is 1. The van der Waals surface area contributed by atoms with Crippen LogP contribution in [0.25, 0.3) is 11.4 Å². The van der Waals surface area contributed by atoms with Gasteiger partial charge in [-0.05, 0) is 31.5 Å². The molecule has 3 aromatic rings. The van der Waals surface area contributed by atoms with Crippen LogP contribution in [0.3, 0.4) is 0 Å². The minimum Gasteiger partial charge on any atom is -0.310 e. The zero-order valence-electron chi connectivity index (χ0n) is 14.4. The van der Waals surface area contributed by atoms with Crippen molar-refractivity contribution in [1.29, 1.82) is 0 Å². The summed E-state index contributed by atoms with van der Waals surface area (Å²) in [5, 5.41) is 12.0. The van der Waals surface area contributed by atoms with Crippen molar-refractivity contribution in [3.63, 3.8) is 0 Å². The summed E-state index contributed by atoms with van der Waals surface area (Å²) in [6, 6.07) is 11.9. The topological polar surface area (TPSA) is 72.7 Å². The molecule has 0 aliphatic heterocycles. The molecule has 0 saturated heterocycles. The second-order valence-corrected chi connectivity index (χ2v) is 6.68. The molecule has 0 saturated carbocycles. The van der Waals surface area contributed by atoms with Crippen molar-refractivity contribution < 1.29 is 4.79 Å². The van der Waals surface area contributed by atoms with Gasteiger partial charge in [-0.2, -0.15) is 0 Å². The zero-order valence-corrected chi connectivity index (χ0v) is 15.2. The third-order valence-electron chi connectivity index (χ3n) is 3.71. The van der Waals surface area contributed by atoms with Gasteiger partial charge in [-0.15, -0.1) is 10.2 Å². The molecule has 0 aliphatic rings. The summed E-state index contributed by atoms with van der Waals surface area (Å²) < 4.78 is 1.90. The highest BCUT2D eigenvalue weighted by Gasteiger charge is 2.13. The van der Waals surface area contributed by atoms with Crippen molar-refractivity contribution in [2.24, 2.45) is 7.05 Å². The highest BCUT2D eigenvalue weighted by molar-refractivity contribution is 7.99. The first-order chi connectivity index (χ1) is 12.0. The Balaban J connectivity index is 1.66. The van der Waals surface area contributed by atoms with Crippen LogP contribution in [0.5, 0.6) is 0 Å². The Kier molecular flexibility index (Phi) is 5.14. The molecule has 25 heavy (non-hydrogen) atoms. The van der Waals surface area contributed by atoms with E-state index in [9.17, 15) is 4.79 Å². The number of aryl methyl sites for hydroxylation is 2. The van der Waals surface area contributed by atoms with Crippen LogP contribution in [0, 0.1) is 13.8 Å². The molecule has 2 aromatic heterocycles. The van der Waals surface area contributed by atoms with Crippen molar-refractivity contribution in [2.45, 2.75) is 19.0 Å². The number of nitrogens with one attached hydrogen (secondary N) is 1. The van der Waals surface area contributed by atoms with E-state index in [-0.39, 0.29) is 11.7 Å². The number of carbonyl (C=O) groups excluding carboxylic acids is 1. The summed E-state index contributed by atoms with van der Waals surface area (Å²) in [5.41, 5.74) is 3.11. The lowest BCUT2D eigenvalue weighted by molar-refractivity contribution is -0.113. The lowest BCUT2D eigenvalue weighted by atomic mass is 10.1. The fraction of sp³-hybridized carbons (Fsp3) is 0.222. The molecule has 0 bridgehead atoms. The van der Waals surface area contributed by atoms with Gasteiger partial charge in [0.2, 0.25) is 5.91 Å². The lowest BCUT2D eigenvalue weighted by Gasteiger charge is -2.07. The van der Waals surface area contributed by atoms with E-state index in [0.29, 0.717) is 11.0 Å². The molecule has 0 aliphatic carbocycles. The van der Waals surface area contributed by atoms with Gasteiger partial charge in [-0.25, -0.2) is 4.98 Å². The van der Waals surface area contributed by atoms with Crippen LogP contribution in [-0.2, 0) is 11.8 Å². The van der Waals surface area contributed by atoms with Crippen LogP contribution in [0.2, 0.25) is 0 Å². The van der Waals surface area contributed by atoms with E-state index in [2.05, 4.69) is 26.6 Å². The molecular weight excluding hydrogens is 334 g/mol. The summed E-state index contributed by atoms with van der Waals surface area (Å²) in [6.07, 6.45) is 1.66. The Labute approximate surface area is 150 Å². The predicted molar refractivity (Wildman–Crippen MR) is 99.5 cm³/mol. The summed E-state index contributed by atoms with van der Waals surface area (Å²) in [7, 11) is 1.90. The van der Waals surface area contributed by atoms with E-state index >= 15 is 0 Å². The number of hydrogen-bond donors (Lipinski definition) is 1. The maximum atomic E-state index is 12.1. The Hall–Kier alpha value is -2.67. The fourth-order valence-corrected chi connectivity index (χ4v) is 3.10. The van der Waals surface area contributed by atoms with Crippen LogP contribution >= 0.6 is 11.8 Å². The Morgan fingerprint density at radius 3 is 2.80 bits per heavy atom. The van der Waals surface area contributed by atoms with Crippen molar-refractivity contribution >= 4 is 23.5 Å². The van der Waals surface area contributed by atoms with E-state index in [4.69, 9.17) is 0 Å². The molecule has 1 aromatic carbocycles.